The number of rotatable bonds is 5. The van der Waals surface area contributed by atoms with E-state index in [0.29, 0.717) is 0 Å². The summed E-state index contributed by atoms with van der Waals surface area (Å²) in [5.41, 5.74) is -1.12. The molecule has 0 saturated heterocycles. The molecule has 0 N–H and O–H groups in total. The molecule has 114 valence electrons. The lowest BCUT2D eigenvalue weighted by molar-refractivity contribution is -0.143. The molecule has 21 heavy (non-hydrogen) atoms. The third-order valence-corrected chi connectivity index (χ3v) is 2.83. The number of hydrogen-bond acceptors (Lipinski definition) is 4. The minimum Gasteiger partial charge on any atom is -0.466 e. The molecule has 0 fully saturated rings. The van der Waals surface area contributed by atoms with Crippen molar-refractivity contribution in [1.82, 2.24) is 0 Å². The van der Waals surface area contributed by atoms with Gasteiger partial charge < -0.3 is 9.64 Å². The average Bonchev–Trinajstić information content (AvgIpc) is 2.43. The van der Waals surface area contributed by atoms with E-state index < -0.39 is 23.3 Å². The molecule has 0 amide bonds. The summed E-state index contributed by atoms with van der Waals surface area (Å²) in [6, 6.07) is 4.97. The third-order valence-electron chi connectivity index (χ3n) is 2.83. The molecule has 4 nitrogen and oxygen atoms in total. The lowest BCUT2D eigenvalue weighted by atomic mass is 10.1. The zero-order valence-corrected chi connectivity index (χ0v) is 11.7. The van der Waals surface area contributed by atoms with Crippen LogP contribution in [0.4, 0.5) is 18.9 Å². The van der Waals surface area contributed by atoms with Gasteiger partial charge in [-0.05, 0) is 25.1 Å². The van der Waals surface area contributed by atoms with Crippen LogP contribution in [0.3, 0.4) is 0 Å². The van der Waals surface area contributed by atoms with Crippen LogP contribution in [-0.2, 0) is 15.7 Å². The highest BCUT2D eigenvalue weighted by Gasteiger charge is 2.34. The van der Waals surface area contributed by atoms with Gasteiger partial charge in [0.05, 0.1) is 30.2 Å². The Morgan fingerprint density at radius 1 is 1.43 bits per heavy atom. The number of carbonyl (C=O) groups is 1. The van der Waals surface area contributed by atoms with Gasteiger partial charge in [-0.15, -0.1) is 0 Å². The minimum absolute atomic E-state index is 0.0751. The Balaban J connectivity index is 2.89. The number of esters is 1. The van der Waals surface area contributed by atoms with Crippen molar-refractivity contribution in [2.75, 3.05) is 25.1 Å². The van der Waals surface area contributed by atoms with E-state index in [9.17, 15) is 18.0 Å². The van der Waals surface area contributed by atoms with Gasteiger partial charge in [-0.25, -0.2) is 0 Å². The minimum atomic E-state index is -4.59. The van der Waals surface area contributed by atoms with E-state index in [1.165, 1.54) is 17.0 Å². The van der Waals surface area contributed by atoms with E-state index in [1.54, 1.807) is 14.0 Å². The van der Waals surface area contributed by atoms with Crippen molar-refractivity contribution in [3.05, 3.63) is 29.3 Å². The summed E-state index contributed by atoms with van der Waals surface area (Å²) in [5.74, 6) is -0.408. The van der Waals surface area contributed by atoms with E-state index in [1.807, 2.05) is 0 Å². The maximum Gasteiger partial charge on any atom is 0.417 e. The molecule has 1 aromatic rings. The monoisotopic (exact) mass is 300 g/mol. The molecular formula is C14H15F3N2O2. The molecule has 0 aliphatic rings. The average molecular weight is 300 g/mol. The fraction of sp³-hybridized carbons (Fsp3) is 0.429. The number of halogens is 3. The lowest BCUT2D eigenvalue weighted by Crippen LogP contribution is -2.22. The van der Waals surface area contributed by atoms with Gasteiger partial charge in [0, 0.05) is 19.3 Å². The molecule has 7 heteroatoms. The second-order valence-corrected chi connectivity index (χ2v) is 4.32. The molecule has 1 aromatic carbocycles. The van der Waals surface area contributed by atoms with E-state index in [2.05, 4.69) is 0 Å². The second-order valence-electron chi connectivity index (χ2n) is 4.32. The molecular weight excluding hydrogens is 285 g/mol. The van der Waals surface area contributed by atoms with Crippen LogP contribution in [0.1, 0.15) is 24.5 Å². The molecule has 0 spiro atoms. The predicted octanol–water partition coefficient (Wildman–Crippen LogP) is 2.97. The van der Waals surface area contributed by atoms with Crippen LogP contribution in [0.25, 0.3) is 0 Å². The zero-order valence-electron chi connectivity index (χ0n) is 11.7. The number of benzene rings is 1. The predicted molar refractivity (Wildman–Crippen MR) is 70.7 cm³/mol. The Kier molecular flexibility index (Phi) is 5.59. The normalized spacial score (nSPS) is 10.9. The number of hydrogen-bond donors (Lipinski definition) is 0. The van der Waals surface area contributed by atoms with Crippen LogP contribution >= 0.6 is 0 Å². The molecule has 1 rings (SSSR count). The molecule has 0 unspecified atom stereocenters. The summed E-state index contributed by atoms with van der Waals surface area (Å²) in [7, 11) is 1.57. The first-order valence-corrected chi connectivity index (χ1v) is 6.27. The van der Waals surface area contributed by atoms with Gasteiger partial charge >= 0.3 is 12.1 Å². The highest BCUT2D eigenvalue weighted by molar-refractivity contribution is 5.70. The maximum absolute atomic E-state index is 12.8. The summed E-state index contributed by atoms with van der Waals surface area (Å²) in [6.45, 7) is 2.16. The summed E-state index contributed by atoms with van der Waals surface area (Å²) < 4.78 is 43.3. The number of alkyl halides is 3. The quantitative estimate of drug-likeness (QED) is 0.785. The summed E-state index contributed by atoms with van der Waals surface area (Å²) in [5, 5.41) is 8.72. The van der Waals surface area contributed by atoms with Crippen LogP contribution in [-0.4, -0.2) is 26.2 Å². The van der Waals surface area contributed by atoms with Gasteiger partial charge in [-0.2, -0.15) is 18.4 Å². The number of anilines is 1. The Labute approximate surface area is 120 Å². The first-order chi connectivity index (χ1) is 9.79. The van der Waals surface area contributed by atoms with Crippen molar-refractivity contribution in [1.29, 1.82) is 5.26 Å². The van der Waals surface area contributed by atoms with Crippen LogP contribution in [0.15, 0.2) is 18.2 Å². The summed E-state index contributed by atoms with van der Waals surface area (Å²) in [6.07, 6.45) is -4.52. The number of carbonyl (C=O) groups excluding carboxylic acids is 1. The van der Waals surface area contributed by atoms with Crippen molar-refractivity contribution < 1.29 is 22.7 Å². The van der Waals surface area contributed by atoms with Crippen LogP contribution in [0, 0.1) is 11.3 Å². The smallest absolute Gasteiger partial charge is 0.417 e. The molecule has 0 aliphatic heterocycles. The van der Waals surface area contributed by atoms with E-state index in [0.717, 1.165) is 12.1 Å². The van der Waals surface area contributed by atoms with Crippen molar-refractivity contribution in [3.8, 4) is 6.07 Å². The van der Waals surface area contributed by atoms with E-state index >= 15 is 0 Å². The van der Waals surface area contributed by atoms with Gasteiger partial charge in [-0.1, -0.05) is 0 Å². The number of ether oxygens (including phenoxy) is 1. The molecule has 0 aromatic heterocycles. The first-order valence-electron chi connectivity index (χ1n) is 6.27. The second kappa shape index (κ2) is 6.97. The van der Waals surface area contributed by atoms with E-state index in [4.69, 9.17) is 10.00 Å². The Hall–Kier alpha value is -2.23. The molecule has 0 aliphatic carbocycles. The van der Waals surface area contributed by atoms with Gasteiger partial charge in [-0.3, -0.25) is 4.79 Å². The fourth-order valence-corrected chi connectivity index (χ4v) is 1.72. The van der Waals surface area contributed by atoms with Crippen molar-refractivity contribution >= 4 is 11.7 Å². The lowest BCUT2D eigenvalue weighted by Gasteiger charge is -2.20. The van der Waals surface area contributed by atoms with Crippen LogP contribution in [0.2, 0.25) is 0 Å². The Morgan fingerprint density at radius 2 is 2.10 bits per heavy atom. The summed E-state index contributed by atoms with van der Waals surface area (Å²) >= 11 is 0. The highest BCUT2D eigenvalue weighted by Crippen LogP contribution is 2.34. The largest absolute Gasteiger partial charge is 0.466 e. The van der Waals surface area contributed by atoms with Crippen molar-refractivity contribution in [3.63, 3.8) is 0 Å². The Morgan fingerprint density at radius 3 is 2.62 bits per heavy atom. The topological polar surface area (TPSA) is 53.3 Å². The van der Waals surface area contributed by atoms with Gasteiger partial charge in [0.25, 0.3) is 0 Å². The molecule has 0 heterocycles. The van der Waals surface area contributed by atoms with E-state index in [-0.39, 0.29) is 25.3 Å². The fourth-order valence-electron chi connectivity index (χ4n) is 1.72. The molecule has 0 saturated carbocycles. The zero-order chi connectivity index (χ0) is 16.0. The van der Waals surface area contributed by atoms with Gasteiger partial charge in [0.15, 0.2) is 0 Å². The Bertz CT molecular complexity index is 550. The number of nitriles is 1. The maximum atomic E-state index is 12.8. The molecule has 0 radical (unpaired) electrons. The first kappa shape index (κ1) is 16.8. The van der Waals surface area contributed by atoms with Crippen LogP contribution in [0.5, 0.6) is 0 Å². The number of nitrogens with zero attached hydrogens (tertiary/aromatic N) is 2. The standard InChI is InChI=1S/C14H15F3N2O2/c1-3-21-13(20)6-7-19(2)11-5-4-10(9-18)12(8-11)14(15,16)17/h4-5,8H,3,6-7H2,1-2H3. The molecule has 0 bridgehead atoms. The molecule has 0 atom stereocenters. The SMILES string of the molecule is CCOC(=O)CCN(C)c1ccc(C#N)c(C(F)(F)F)c1. The van der Waals surface area contributed by atoms with Crippen LogP contribution < -0.4 is 4.90 Å². The van der Waals surface area contributed by atoms with Gasteiger partial charge in [0.2, 0.25) is 0 Å². The highest BCUT2D eigenvalue weighted by atomic mass is 19.4. The third kappa shape index (κ3) is 4.67. The summed E-state index contributed by atoms with van der Waals surface area (Å²) in [4.78, 5) is 12.7. The van der Waals surface area contributed by atoms with Crippen molar-refractivity contribution in [2.24, 2.45) is 0 Å². The van der Waals surface area contributed by atoms with Gasteiger partial charge in [0.1, 0.15) is 0 Å². The van der Waals surface area contributed by atoms with Crippen molar-refractivity contribution in [2.45, 2.75) is 19.5 Å².